The molecule has 0 aromatic carbocycles. The smallest absolute Gasteiger partial charge is 0.241 e. The van der Waals surface area contributed by atoms with Gasteiger partial charge in [-0.1, -0.05) is 6.08 Å². The summed E-state index contributed by atoms with van der Waals surface area (Å²) in [5, 5.41) is 0. The molecular formula is C30H79FN4O2PtSi5. The number of hydrogen-bond acceptors (Lipinski definition) is 6. The second-order valence-corrected chi connectivity index (χ2v) is 32.9. The summed E-state index contributed by atoms with van der Waals surface area (Å²) >= 11 is 0. The molecule has 0 heterocycles. The summed E-state index contributed by atoms with van der Waals surface area (Å²) in [6.45, 7) is 29.9. The summed E-state index contributed by atoms with van der Waals surface area (Å²) in [7, 11) is 10.2. The van der Waals surface area contributed by atoms with Gasteiger partial charge in [0, 0.05) is 27.6 Å². The Morgan fingerprint density at radius 1 is 0.605 bits per heavy atom. The minimum absolute atomic E-state index is 0. The first-order valence-electron chi connectivity index (χ1n) is 16.1. The minimum Gasteiger partial charge on any atom is -0.461 e. The Morgan fingerprint density at radius 3 is 1.07 bits per heavy atom. The van der Waals surface area contributed by atoms with E-state index in [1.165, 1.54) is 38.0 Å². The summed E-state index contributed by atoms with van der Waals surface area (Å²) in [5.74, 6) is 0. The van der Waals surface area contributed by atoms with Gasteiger partial charge in [-0.05, 0) is 179 Å². The predicted molar refractivity (Wildman–Crippen MR) is 206 cm³/mol. The Labute approximate surface area is 292 Å². The van der Waals surface area contributed by atoms with Crippen LogP contribution < -0.4 is 0 Å². The van der Waals surface area contributed by atoms with Crippen LogP contribution in [0.1, 0.15) is 19.3 Å². The van der Waals surface area contributed by atoms with Crippen LogP contribution in [0.25, 0.3) is 0 Å². The van der Waals surface area contributed by atoms with Crippen LogP contribution in [0, 0.1) is 0 Å². The molecule has 0 aliphatic carbocycles. The maximum Gasteiger partial charge on any atom is 0.241 e. The Hall–Kier alpha value is 1.20. The van der Waals surface area contributed by atoms with Crippen molar-refractivity contribution in [3.8, 4) is 0 Å². The zero-order valence-corrected chi connectivity index (χ0v) is 39.9. The van der Waals surface area contributed by atoms with Gasteiger partial charge in [-0.15, -0.1) is 6.58 Å². The Balaban J connectivity index is -0.000000168. The van der Waals surface area contributed by atoms with Crippen molar-refractivity contribution in [1.29, 1.82) is 0 Å². The first-order chi connectivity index (χ1) is 18.9. The van der Waals surface area contributed by atoms with Crippen LogP contribution in [0.2, 0.25) is 83.6 Å². The van der Waals surface area contributed by atoms with Crippen molar-refractivity contribution in [2.45, 2.75) is 103 Å². The van der Waals surface area contributed by atoms with E-state index in [1.807, 2.05) is 34.3 Å². The Bertz CT molecular complexity index is 582. The van der Waals surface area contributed by atoms with Gasteiger partial charge in [0.05, 0.1) is 0 Å². The Morgan fingerprint density at radius 2 is 0.907 bits per heavy atom. The summed E-state index contributed by atoms with van der Waals surface area (Å²) in [5.41, 5.74) is 0. The molecule has 0 atom stereocenters. The third-order valence-electron chi connectivity index (χ3n) is 5.74. The third kappa shape index (κ3) is 59.2. The molecule has 0 N–H and O–H groups in total. The molecular weight excluding hydrogens is 803 g/mol. The number of hydrogen-bond donors (Lipinski definition) is 0. The van der Waals surface area contributed by atoms with Crippen LogP contribution in [0.3, 0.4) is 0 Å². The van der Waals surface area contributed by atoms with E-state index >= 15 is 0 Å². The van der Waals surface area contributed by atoms with Gasteiger partial charge in [0.2, 0.25) is 8.41 Å². The fraction of sp³-hybridized carbons (Fsp3) is 0.933. The molecule has 43 heavy (non-hydrogen) atoms. The number of halogens is 1. The maximum absolute atomic E-state index is 13.0. The fourth-order valence-electron chi connectivity index (χ4n) is 4.11. The van der Waals surface area contributed by atoms with Gasteiger partial charge in [-0.3, -0.25) is 0 Å². The minimum atomic E-state index is -2.25. The average molecular weight is 882 g/mol. The van der Waals surface area contributed by atoms with Gasteiger partial charge in [0.25, 0.3) is 0 Å². The predicted octanol–water partition coefficient (Wildman–Crippen LogP) is 7.13. The van der Waals surface area contributed by atoms with E-state index in [-0.39, 0.29) is 21.1 Å². The van der Waals surface area contributed by atoms with Crippen LogP contribution in [0.5, 0.6) is 0 Å². The molecule has 0 radical (unpaired) electrons. The summed E-state index contributed by atoms with van der Waals surface area (Å²) in [6, 6.07) is 3.37. The van der Waals surface area contributed by atoms with Crippen molar-refractivity contribution >= 4 is 43.1 Å². The van der Waals surface area contributed by atoms with Gasteiger partial charge < -0.3 is 31.9 Å². The third-order valence-corrected chi connectivity index (χ3v) is 19.2. The summed E-state index contributed by atoms with van der Waals surface area (Å²) in [6.07, 6.45) is 5.42. The van der Waals surface area contributed by atoms with Gasteiger partial charge in [0.15, 0.2) is 34.7 Å². The van der Waals surface area contributed by atoms with E-state index in [0.29, 0.717) is 0 Å². The van der Waals surface area contributed by atoms with Crippen molar-refractivity contribution in [2.24, 2.45) is 0 Å². The number of likely N-dealkylation sites (N-methyl/N-ethyl adjacent to an activating group) is 1. The van der Waals surface area contributed by atoms with Crippen LogP contribution in [-0.4, -0.2) is 145 Å². The summed E-state index contributed by atoms with van der Waals surface area (Å²) < 4.78 is 25.1. The Kier molecular flexibility index (Phi) is 38.1. The SMILES string of the molecule is C=CCN(C)C.CN(C)CCC[Si](C)(C)F.CN(C)CCC[Si](C)(C)O[Si](C)(C)CCCN(C)C.C[SiH](C)O[SiH](C)C.[Pt]. The first kappa shape index (κ1) is 53.7. The van der Waals surface area contributed by atoms with Gasteiger partial charge >= 0.3 is 0 Å². The zero-order valence-electron chi connectivity index (χ0n) is 32.3. The van der Waals surface area contributed by atoms with Crippen molar-refractivity contribution in [3.05, 3.63) is 12.7 Å². The van der Waals surface area contributed by atoms with E-state index in [1.54, 1.807) is 13.1 Å². The van der Waals surface area contributed by atoms with Gasteiger partial charge in [-0.25, -0.2) is 0 Å². The topological polar surface area (TPSA) is 31.4 Å². The molecule has 0 unspecified atom stereocenters. The van der Waals surface area contributed by atoms with Gasteiger partial charge in [-0.2, -0.15) is 0 Å². The largest absolute Gasteiger partial charge is 0.461 e. The molecule has 0 fully saturated rings. The zero-order chi connectivity index (χ0) is 34.2. The average Bonchev–Trinajstić information content (AvgIpc) is 2.71. The molecule has 0 saturated heterocycles. The molecule has 6 nitrogen and oxygen atoms in total. The molecule has 0 aromatic rings. The first-order valence-corrected chi connectivity index (χ1v) is 31.0. The quantitative estimate of drug-likeness (QED) is 0.0829. The molecule has 0 rings (SSSR count). The van der Waals surface area contributed by atoms with E-state index in [0.717, 1.165) is 25.6 Å². The normalized spacial score (nSPS) is 12.0. The second-order valence-electron chi connectivity index (χ2n) is 14.8. The molecule has 0 aromatic heterocycles. The van der Waals surface area contributed by atoms with E-state index in [9.17, 15) is 4.11 Å². The molecule has 0 amide bonds. The van der Waals surface area contributed by atoms with Crippen LogP contribution in [0.4, 0.5) is 4.11 Å². The summed E-state index contributed by atoms with van der Waals surface area (Å²) in [4.78, 5) is 8.70. The molecule has 0 saturated carbocycles. The van der Waals surface area contributed by atoms with Crippen molar-refractivity contribution in [1.82, 2.24) is 19.6 Å². The van der Waals surface area contributed by atoms with E-state index < -0.39 is 43.1 Å². The van der Waals surface area contributed by atoms with Crippen molar-refractivity contribution in [3.63, 3.8) is 0 Å². The van der Waals surface area contributed by atoms with Gasteiger partial charge in [0.1, 0.15) is 0 Å². The fourth-order valence-corrected chi connectivity index (χ4v) is 18.3. The van der Waals surface area contributed by atoms with Crippen LogP contribution in [0.15, 0.2) is 12.7 Å². The molecule has 13 heteroatoms. The van der Waals surface area contributed by atoms with Crippen LogP contribution >= 0.6 is 0 Å². The van der Waals surface area contributed by atoms with Crippen LogP contribution in [-0.2, 0) is 29.3 Å². The maximum atomic E-state index is 13.0. The standard InChI is InChI=1S/C14H36N2OSi2.C7H18FNSi.C5H11N.C4H14OSi2.Pt/c1-15(2)11-9-13-18(5,6)17-19(7,8)14-10-12-16(3)4;1-9(2)6-5-7-10(3,4)8;1-4-5-6(2)3;1-6(2)5-7(3)4;/h9-14H2,1-8H3;5-7H2,1-4H3;4H,1,5H2,2-3H3;6-7H,1-4H3;. The molecule has 0 spiro atoms. The van der Waals surface area contributed by atoms with E-state index in [4.69, 9.17) is 8.23 Å². The van der Waals surface area contributed by atoms with Crippen molar-refractivity contribution in [2.75, 3.05) is 82.6 Å². The second kappa shape index (κ2) is 30.5. The number of nitrogens with zero attached hydrogens (tertiary/aromatic N) is 4. The molecule has 0 aliphatic heterocycles. The number of rotatable bonds is 18. The molecule has 0 bridgehead atoms. The van der Waals surface area contributed by atoms with E-state index in [2.05, 4.69) is 107 Å². The van der Waals surface area contributed by atoms with Crippen molar-refractivity contribution < 1.29 is 33.4 Å². The molecule has 268 valence electrons. The molecule has 0 aliphatic rings. The monoisotopic (exact) mass is 881 g/mol.